The predicted octanol–water partition coefficient (Wildman–Crippen LogP) is 4.55. The average molecular weight is 258 g/mol. The van der Waals surface area contributed by atoms with Gasteiger partial charge in [0.1, 0.15) is 6.29 Å². The molecule has 0 saturated carbocycles. The van der Waals surface area contributed by atoms with Crippen molar-refractivity contribution in [2.75, 3.05) is 0 Å². The Morgan fingerprint density at radius 2 is 1.47 bits per heavy atom. The fraction of sp³-hybridized carbons (Fsp3) is 0.0625. The van der Waals surface area contributed by atoms with Gasteiger partial charge in [0.15, 0.2) is 0 Å². The molecule has 0 spiro atoms. The van der Waals surface area contributed by atoms with E-state index in [9.17, 15) is 13.6 Å². The zero-order chi connectivity index (χ0) is 13.7. The second-order valence-electron chi connectivity index (χ2n) is 4.05. The van der Waals surface area contributed by atoms with Crippen molar-refractivity contribution in [3.8, 4) is 11.1 Å². The number of allylic oxidation sites excluding steroid dienone is 1. The van der Waals surface area contributed by atoms with Crippen LogP contribution in [-0.2, 0) is 4.79 Å². The fourth-order valence-corrected chi connectivity index (χ4v) is 1.88. The zero-order valence-corrected chi connectivity index (χ0v) is 10.1. The molecule has 0 amide bonds. The Bertz CT molecular complexity index is 582. The number of hydrogen-bond donors (Lipinski definition) is 0. The van der Waals surface area contributed by atoms with Crippen LogP contribution in [0.2, 0.25) is 0 Å². The summed E-state index contributed by atoms with van der Waals surface area (Å²) in [6.45, 7) is 0. The van der Waals surface area contributed by atoms with Crippen molar-refractivity contribution in [1.82, 2.24) is 0 Å². The van der Waals surface area contributed by atoms with E-state index in [4.69, 9.17) is 0 Å². The van der Waals surface area contributed by atoms with E-state index in [0.717, 1.165) is 11.1 Å². The van der Waals surface area contributed by atoms with Crippen molar-refractivity contribution in [2.24, 2.45) is 0 Å². The molecule has 19 heavy (non-hydrogen) atoms. The highest BCUT2D eigenvalue weighted by atomic mass is 19.3. The van der Waals surface area contributed by atoms with Gasteiger partial charge in [-0.05, 0) is 16.7 Å². The summed E-state index contributed by atoms with van der Waals surface area (Å²) in [6.07, 6.45) is -1.59. The highest BCUT2D eigenvalue weighted by Gasteiger charge is 2.09. The maximum atomic E-state index is 12.7. The van der Waals surface area contributed by atoms with Crippen molar-refractivity contribution >= 4 is 11.9 Å². The van der Waals surface area contributed by atoms with Gasteiger partial charge in [0.05, 0.1) is 0 Å². The highest BCUT2D eigenvalue weighted by Crippen LogP contribution is 2.26. The average Bonchev–Trinajstić information content (AvgIpc) is 2.46. The van der Waals surface area contributed by atoms with Gasteiger partial charge in [-0.1, -0.05) is 54.6 Å². The van der Waals surface area contributed by atoms with Gasteiger partial charge in [-0.2, -0.15) is 8.78 Å². The van der Waals surface area contributed by atoms with E-state index in [1.807, 2.05) is 30.3 Å². The van der Waals surface area contributed by atoms with Crippen LogP contribution in [0.5, 0.6) is 0 Å². The Morgan fingerprint density at radius 1 is 0.895 bits per heavy atom. The first-order valence-corrected chi connectivity index (χ1v) is 5.86. The van der Waals surface area contributed by atoms with E-state index in [2.05, 4.69) is 0 Å². The van der Waals surface area contributed by atoms with Gasteiger partial charge in [0.2, 0.25) is 0 Å². The summed E-state index contributed by atoms with van der Waals surface area (Å²) in [7, 11) is 0. The lowest BCUT2D eigenvalue weighted by Gasteiger charge is -2.05. The summed E-state index contributed by atoms with van der Waals surface area (Å²) >= 11 is 0. The van der Waals surface area contributed by atoms with Crippen LogP contribution in [0.3, 0.4) is 0 Å². The molecule has 0 aliphatic rings. The Balaban J connectivity index is 2.33. The van der Waals surface area contributed by atoms with Crippen LogP contribution in [0, 0.1) is 0 Å². The molecule has 0 aliphatic heterocycles. The van der Waals surface area contributed by atoms with Crippen LogP contribution >= 0.6 is 0 Å². The van der Waals surface area contributed by atoms with E-state index in [-0.39, 0.29) is 12.0 Å². The van der Waals surface area contributed by atoms with Crippen LogP contribution in [-0.4, -0.2) is 6.29 Å². The first kappa shape index (κ1) is 13.1. The Labute approximate surface area is 110 Å². The summed E-state index contributed by atoms with van der Waals surface area (Å²) in [6, 6.07) is 16.4. The van der Waals surface area contributed by atoms with Gasteiger partial charge in [-0.25, -0.2) is 0 Å². The van der Waals surface area contributed by atoms with E-state index >= 15 is 0 Å². The third kappa shape index (κ3) is 3.13. The van der Waals surface area contributed by atoms with Crippen molar-refractivity contribution in [3.63, 3.8) is 0 Å². The van der Waals surface area contributed by atoms with Crippen molar-refractivity contribution < 1.29 is 13.6 Å². The molecule has 3 heteroatoms. The molecule has 0 bridgehead atoms. The quantitative estimate of drug-likeness (QED) is 0.735. The Kier molecular flexibility index (Phi) is 4.18. The standard InChI is InChI=1S/C16H12F2O/c17-16(18)15(10-11-19)14-8-6-13(7-9-14)12-4-2-1-3-5-12/h1-9,11H,10H2. The number of halogens is 2. The summed E-state index contributed by atoms with van der Waals surface area (Å²) in [5, 5.41) is 0. The first-order chi connectivity index (χ1) is 9.22. The minimum atomic E-state index is -1.81. The molecule has 0 aromatic heterocycles. The summed E-state index contributed by atoms with van der Waals surface area (Å²) in [5.41, 5.74) is 2.14. The van der Waals surface area contributed by atoms with Crippen LogP contribution in [0.1, 0.15) is 12.0 Å². The molecule has 96 valence electrons. The lowest BCUT2D eigenvalue weighted by atomic mass is 10.00. The lowest BCUT2D eigenvalue weighted by molar-refractivity contribution is -0.107. The Hall–Kier alpha value is -2.29. The molecule has 0 unspecified atom stereocenters. The van der Waals surface area contributed by atoms with E-state index in [1.54, 1.807) is 24.3 Å². The molecule has 0 aliphatic carbocycles. The van der Waals surface area contributed by atoms with Gasteiger partial charge in [0.25, 0.3) is 6.08 Å². The summed E-state index contributed by atoms with van der Waals surface area (Å²) in [4.78, 5) is 10.4. The van der Waals surface area contributed by atoms with E-state index < -0.39 is 6.08 Å². The molecule has 0 radical (unpaired) electrons. The number of rotatable bonds is 4. The third-order valence-corrected chi connectivity index (χ3v) is 2.86. The van der Waals surface area contributed by atoms with E-state index in [1.165, 1.54) is 0 Å². The SMILES string of the molecule is O=CCC(=C(F)F)c1ccc(-c2ccccc2)cc1. The van der Waals surface area contributed by atoms with Crippen LogP contribution in [0.25, 0.3) is 16.7 Å². The second-order valence-corrected chi connectivity index (χ2v) is 4.05. The molecule has 2 aromatic rings. The fourth-order valence-electron chi connectivity index (χ4n) is 1.88. The van der Waals surface area contributed by atoms with Crippen molar-refractivity contribution in [1.29, 1.82) is 0 Å². The smallest absolute Gasteiger partial charge is 0.274 e. The molecule has 0 fully saturated rings. The largest absolute Gasteiger partial charge is 0.303 e. The number of aldehydes is 1. The molecule has 0 heterocycles. The molecular weight excluding hydrogens is 246 g/mol. The van der Waals surface area contributed by atoms with Crippen molar-refractivity contribution in [2.45, 2.75) is 6.42 Å². The van der Waals surface area contributed by atoms with Gasteiger partial charge in [0, 0.05) is 12.0 Å². The summed E-state index contributed by atoms with van der Waals surface area (Å²) in [5.74, 6) is 0. The normalized spacial score (nSPS) is 10.0. The zero-order valence-electron chi connectivity index (χ0n) is 10.1. The maximum Gasteiger partial charge on any atom is 0.274 e. The number of carbonyl (C=O) groups is 1. The lowest BCUT2D eigenvalue weighted by Crippen LogP contribution is -1.88. The minimum Gasteiger partial charge on any atom is -0.303 e. The predicted molar refractivity (Wildman–Crippen MR) is 71.7 cm³/mol. The second kappa shape index (κ2) is 6.05. The Morgan fingerprint density at radius 3 is 2.00 bits per heavy atom. The third-order valence-electron chi connectivity index (χ3n) is 2.86. The molecule has 0 saturated heterocycles. The molecule has 2 rings (SSSR count). The number of benzene rings is 2. The maximum absolute atomic E-state index is 12.7. The van der Waals surface area contributed by atoms with Gasteiger partial charge in [-0.3, -0.25) is 0 Å². The van der Waals surface area contributed by atoms with Gasteiger partial charge < -0.3 is 4.79 Å². The summed E-state index contributed by atoms with van der Waals surface area (Å²) < 4.78 is 25.4. The molecule has 0 N–H and O–H groups in total. The first-order valence-electron chi connectivity index (χ1n) is 5.86. The topological polar surface area (TPSA) is 17.1 Å². The molecule has 2 aromatic carbocycles. The highest BCUT2D eigenvalue weighted by molar-refractivity contribution is 5.78. The van der Waals surface area contributed by atoms with Crippen LogP contribution in [0.15, 0.2) is 60.7 Å². The van der Waals surface area contributed by atoms with E-state index in [0.29, 0.717) is 11.8 Å². The van der Waals surface area contributed by atoms with Crippen LogP contribution < -0.4 is 0 Å². The van der Waals surface area contributed by atoms with Crippen LogP contribution in [0.4, 0.5) is 8.78 Å². The molecular formula is C16H12F2O. The number of carbonyl (C=O) groups excluding carboxylic acids is 1. The number of hydrogen-bond acceptors (Lipinski definition) is 1. The van der Waals surface area contributed by atoms with Crippen molar-refractivity contribution in [3.05, 3.63) is 66.2 Å². The van der Waals surface area contributed by atoms with Gasteiger partial charge in [-0.15, -0.1) is 0 Å². The van der Waals surface area contributed by atoms with Gasteiger partial charge >= 0.3 is 0 Å². The molecule has 1 nitrogen and oxygen atoms in total. The minimum absolute atomic E-state index is 0.213. The monoisotopic (exact) mass is 258 g/mol. The molecule has 0 atom stereocenters.